The van der Waals surface area contributed by atoms with Crippen LogP contribution in [-0.2, 0) is 21.4 Å². The monoisotopic (exact) mass is 603 g/mol. The summed E-state index contributed by atoms with van der Waals surface area (Å²) in [5.41, 5.74) is 1.96. The van der Waals surface area contributed by atoms with Crippen molar-refractivity contribution in [1.29, 1.82) is 0 Å². The molecule has 0 saturated carbocycles. The maximum Gasteiger partial charge on any atom is 0.273 e. The Kier molecular flexibility index (Phi) is 7.58. The second kappa shape index (κ2) is 11.3. The van der Waals surface area contributed by atoms with E-state index in [1.807, 2.05) is 50.2 Å². The molecule has 44 heavy (non-hydrogen) atoms. The highest BCUT2D eigenvalue weighted by molar-refractivity contribution is 5.95. The smallest absolute Gasteiger partial charge is 0.273 e. The van der Waals surface area contributed by atoms with Crippen molar-refractivity contribution in [3.63, 3.8) is 0 Å². The summed E-state index contributed by atoms with van der Waals surface area (Å²) in [6.45, 7) is 6.96. The van der Waals surface area contributed by atoms with Crippen LogP contribution in [0.5, 0.6) is 5.75 Å². The number of aliphatic hydroxyl groups is 2. The zero-order valence-corrected chi connectivity index (χ0v) is 25.0. The zero-order chi connectivity index (χ0) is 31.3. The molecule has 0 radical (unpaired) electrons. The number of oxazole rings is 1. The molecule has 4 heterocycles. The third kappa shape index (κ3) is 4.69. The van der Waals surface area contributed by atoms with E-state index < -0.39 is 47.6 Å². The van der Waals surface area contributed by atoms with E-state index >= 15 is 0 Å². The molecule has 3 aliphatic heterocycles. The second-order valence-electron chi connectivity index (χ2n) is 12.2. The third-order valence-electron chi connectivity index (χ3n) is 8.56. The quantitative estimate of drug-likeness (QED) is 0.235. The maximum atomic E-state index is 13.8. The molecule has 2 unspecified atom stereocenters. The number of ether oxygens (including phenoxy) is 1. The Bertz CT molecular complexity index is 1620. The van der Waals surface area contributed by atoms with E-state index in [1.54, 1.807) is 19.9 Å². The highest BCUT2D eigenvalue weighted by atomic mass is 16.5. The van der Waals surface area contributed by atoms with Gasteiger partial charge in [-0.15, -0.1) is 0 Å². The average molecular weight is 604 g/mol. The van der Waals surface area contributed by atoms with Crippen LogP contribution in [0.3, 0.4) is 0 Å². The van der Waals surface area contributed by atoms with Crippen LogP contribution in [-0.4, -0.2) is 64.4 Å². The van der Waals surface area contributed by atoms with Gasteiger partial charge in [-0.05, 0) is 35.1 Å². The van der Waals surface area contributed by atoms with E-state index in [0.29, 0.717) is 11.3 Å². The van der Waals surface area contributed by atoms with Crippen molar-refractivity contribution in [2.45, 2.75) is 63.9 Å². The molecule has 0 saturated heterocycles. The number of rotatable bonds is 7. The number of aliphatic hydroxyl groups excluding tert-OH is 2. The Labute approximate surface area is 254 Å². The second-order valence-corrected chi connectivity index (χ2v) is 12.2. The van der Waals surface area contributed by atoms with Gasteiger partial charge in [0.25, 0.3) is 5.91 Å². The normalized spacial score (nSPS) is 23.8. The number of nitrogens with one attached hydrogen (secondary N) is 4. The Balaban J connectivity index is 1.59. The first kappa shape index (κ1) is 29.6. The summed E-state index contributed by atoms with van der Waals surface area (Å²) in [6, 6.07) is 11.4. The molecule has 3 aliphatic rings. The van der Waals surface area contributed by atoms with E-state index in [-0.39, 0.29) is 48.8 Å². The predicted octanol–water partition coefficient (Wildman–Crippen LogP) is 1.75. The summed E-state index contributed by atoms with van der Waals surface area (Å²) in [5, 5.41) is 31.7. The third-order valence-corrected chi connectivity index (χ3v) is 8.56. The molecule has 5 atom stereocenters. The number of hydrogen-bond donors (Lipinski definition) is 6. The fourth-order valence-corrected chi connectivity index (χ4v) is 6.27. The number of nitrogens with zero attached hydrogens (tertiary/aromatic N) is 1. The fourth-order valence-electron chi connectivity index (χ4n) is 6.27. The first-order valence-electron chi connectivity index (χ1n) is 14.9. The summed E-state index contributed by atoms with van der Waals surface area (Å²) in [4.78, 5) is 45.1. The van der Waals surface area contributed by atoms with Gasteiger partial charge in [0.2, 0.25) is 17.7 Å². The number of benzene rings is 2. The number of aromatic nitrogens is 1. The summed E-state index contributed by atoms with van der Waals surface area (Å²) < 4.78 is 13.1. The van der Waals surface area contributed by atoms with Crippen LogP contribution >= 0.6 is 0 Å². The highest BCUT2D eigenvalue weighted by Gasteiger charge is 2.61. The van der Waals surface area contributed by atoms with Gasteiger partial charge in [-0.3, -0.25) is 14.4 Å². The topological polar surface area (TPSA) is 175 Å². The van der Waals surface area contributed by atoms with Crippen LogP contribution in [0.25, 0.3) is 0 Å². The molecule has 3 amide bonds. The van der Waals surface area contributed by atoms with Crippen molar-refractivity contribution in [1.82, 2.24) is 20.9 Å². The summed E-state index contributed by atoms with van der Waals surface area (Å²) in [6.07, 6.45) is -1.84. The first-order valence-corrected chi connectivity index (χ1v) is 14.9. The Hall–Kier alpha value is -4.42. The van der Waals surface area contributed by atoms with Crippen LogP contribution in [0.2, 0.25) is 0 Å². The minimum absolute atomic E-state index is 0.0108. The number of fused-ring (bicyclic) bond motifs is 4. The van der Waals surface area contributed by atoms with Gasteiger partial charge in [-0.2, -0.15) is 0 Å². The molecule has 12 nitrogen and oxygen atoms in total. The van der Waals surface area contributed by atoms with Gasteiger partial charge >= 0.3 is 0 Å². The molecule has 1 spiro atoms. The average Bonchev–Trinajstić information content (AvgIpc) is 3.66. The number of amides is 3. The lowest BCUT2D eigenvalue weighted by Crippen LogP contribution is -2.52. The van der Waals surface area contributed by atoms with E-state index in [4.69, 9.17) is 9.15 Å². The molecule has 0 fully saturated rings. The molecule has 232 valence electrons. The van der Waals surface area contributed by atoms with Crippen molar-refractivity contribution in [2.24, 2.45) is 11.8 Å². The van der Waals surface area contributed by atoms with Gasteiger partial charge in [0.1, 0.15) is 29.4 Å². The van der Waals surface area contributed by atoms with Gasteiger partial charge in [-0.25, -0.2) is 4.98 Å². The number of anilines is 1. The lowest BCUT2D eigenvalue weighted by atomic mass is 9.72. The number of hydrogen-bond acceptors (Lipinski definition) is 9. The van der Waals surface area contributed by atoms with Gasteiger partial charge in [0.05, 0.1) is 6.61 Å². The SMILES string of the molecule is CC(C)[C@H](O)C(=O)N[C@H]1Cc2ccc3c(c2)C2(c4ccccc4NC2O3)c2oc(nc2C(=O)NCCO)[C@H](C(C)C)NC1=O. The lowest BCUT2D eigenvalue weighted by Gasteiger charge is -2.29. The van der Waals surface area contributed by atoms with Crippen LogP contribution in [0.15, 0.2) is 46.9 Å². The number of carbonyl (C=O) groups excluding carboxylic acids is 3. The van der Waals surface area contributed by atoms with E-state index in [9.17, 15) is 24.6 Å². The minimum Gasteiger partial charge on any atom is -0.469 e. The summed E-state index contributed by atoms with van der Waals surface area (Å²) in [5.74, 6) is -1.31. The molecule has 2 aromatic carbocycles. The molecule has 3 aromatic rings. The molecule has 12 heteroatoms. The molecule has 4 bridgehead atoms. The molecule has 0 aliphatic carbocycles. The van der Waals surface area contributed by atoms with Crippen molar-refractivity contribution in [3.05, 3.63) is 76.5 Å². The maximum absolute atomic E-state index is 13.8. The molecule has 1 aromatic heterocycles. The Morgan fingerprint density at radius 2 is 1.89 bits per heavy atom. The minimum atomic E-state index is -1.29. The van der Waals surface area contributed by atoms with Crippen molar-refractivity contribution in [3.8, 4) is 5.75 Å². The Morgan fingerprint density at radius 3 is 2.61 bits per heavy atom. The first-order chi connectivity index (χ1) is 21.1. The van der Waals surface area contributed by atoms with Crippen LogP contribution in [0.4, 0.5) is 5.69 Å². The van der Waals surface area contributed by atoms with Crippen LogP contribution in [0, 0.1) is 11.8 Å². The predicted molar refractivity (Wildman–Crippen MR) is 159 cm³/mol. The van der Waals surface area contributed by atoms with Gasteiger partial charge in [0.15, 0.2) is 17.7 Å². The Morgan fingerprint density at radius 1 is 1.11 bits per heavy atom. The van der Waals surface area contributed by atoms with Gasteiger partial charge in [-0.1, -0.05) is 58.0 Å². The van der Waals surface area contributed by atoms with Crippen LogP contribution < -0.4 is 26.0 Å². The van der Waals surface area contributed by atoms with Crippen molar-refractivity contribution < 1.29 is 33.8 Å². The van der Waals surface area contributed by atoms with Crippen molar-refractivity contribution >= 4 is 23.4 Å². The van der Waals surface area contributed by atoms with Crippen molar-refractivity contribution in [2.75, 3.05) is 18.5 Å². The molecular formula is C32H37N5O7. The van der Waals surface area contributed by atoms with E-state index in [0.717, 1.165) is 16.8 Å². The van der Waals surface area contributed by atoms with Crippen LogP contribution in [0.1, 0.15) is 72.6 Å². The summed E-state index contributed by atoms with van der Waals surface area (Å²) in [7, 11) is 0. The van der Waals surface area contributed by atoms with Gasteiger partial charge in [0, 0.05) is 24.2 Å². The number of para-hydroxylation sites is 1. The van der Waals surface area contributed by atoms with E-state index in [2.05, 4.69) is 26.3 Å². The molecular weight excluding hydrogens is 566 g/mol. The largest absolute Gasteiger partial charge is 0.469 e. The molecule has 6 rings (SSSR count). The zero-order valence-electron chi connectivity index (χ0n) is 25.0. The lowest BCUT2D eigenvalue weighted by molar-refractivity contribution is -0.135. The molecule has 6 N–H and O–H groups in total. The fraction of sp³-hybridized carbons (Fsp3) is 0.438. The summed E-state index contributed by atoms with van der Waals surface area (Å²) >= 11 is 0. The standard InChI is InChI=1S/C32H37N5O7/c1-15(2)23-30-37-24(28(41)33-11-12-38)26(44-30)32-18-7-5-6-8-20(18)35-31(32)43-22-10-9-17(13-19(22)32)14-21(27(40)36-23)34-29(42)25(39)16(3)4/h5-10,13,15-16,21,23,25,31,35,38-39H,11-12,14H2,1-4H3,(H,33,41)(H,34,42)(H,36,40)/t21-,23-,25-,31?,32?/m0/s1. The van der Waals surface area contributed by atoms with E-state index in [1.165, 1.54) is 0 Å². The number of carbonyl (C=O) groups is 3. The van der Waals surface area contributed by atoms with Gasteiger partial charge < -0.3 is 40.6 Å². The highest BCUT2D eigenvalue weighted by Crippen LogP contribution is 2.58.